The molecule has 0 saturated carbocycles. The van der Waals surface area contributed by atoms with Gasteiger partial charge in [0.2, 0.25) is 0 Å². The van der Waals surface area contributed by atoms with E-state index in [1.165, 1.54) is 27.6 Å². The Kier molecular flexibility index (Phi) is 4.93. The Bertz CT molecular complexity index is 1650. The molecule has 4 heteroatoms. The molecule has 1 aliphatic rings. The summed E-state index contributed by atoms with van der Waals surface area (Å²) in [5, 5.41) is 15.7. The number of fused-ring (bicyclic) bond motifs is 4. The topological polar surface area (TPSA) is 55.7 Å². The number of rotatable bonds is 3. The SMILES string of the molecule is COc1c2cccc(C)c2c(Cc2oc3c(O)c4c(c(C)c3c2C)C(C)CCC4)c2c(C)coc12. The Morgan fingerprint density at radius 2 is 1.80 bits per heavy atom. The number of aromatic hydroxyl groups is 1. The monoisotopic (exact) mass is 468 g/mol. The van der Waals surface area contributed by atoms with Crippen molar-refractivity contribution in [3.63, 3.8) is 0 Å². The maximum atomic E-state index is 11.3. The maximum Gasteiger partial charge on any atom is 0.176 e. The predicted molar refractivity (Wildman–Crippen MR) is 141 cm³/mol. The molecule has 0 saturated heterocycles. The zero-order valence-electron chi connectivity index (χ0n) is 21.4. The first-order chi connectivity index (χ1) is 16.8. The van der Waals surface area contributed by atoms with Crippen LogP contribution in [0.25, 0.3) is 32.7 Å². The van der Waals surface area contributed by atoms with Gasteiger partial charge in [-0.1, -0.05) is 25.1 Å². The van der Waals surface area contributed by atoms with E-state index >= 15 is 0 Å². The number of aryl methyl sites for hydroxylation is 4. The molecule has 4 nitrogen and oxygen atoms in total. The summed E-state index contributed by atoms with van der Waals surface area (Å²) < 4.78 is 18.4. The second kappa shape index (κ2) is 7.81. The number of ether oxygens (including phenoxy) is 1. The van der Waals surface area contributed by atoms with Crippen LogP contribution in [0.4, 0.5) is 0 Å². The number of hydrogen-bond donors (Lipinski definition) is 1. The van der Waals surface area contributed by atoms with Gasteiger partial charge in [-0.25, -0.2) is 0 Å². The minimum atomic E-state index is 0.335. The van der Waals surface area contributed by atoms with Crippen molar-refractivity contribution >= 4 is 32.7 Å². The molecule has 35 heavy (non-hydrogen) atoms. The first kappa shape index (κ1) is 22.1. The van der Waals surface area contributed by atoms with Gasteiger partial charge in [0, 0.05) is 28.1 Å². The van der Waals surface area contributed by atoms with E-state index in [0.717, 1.165) is 69.2 Å². The number of phenols is 1. The number of hydrogen-bond acceptors (Lipinski definition) is 4. The van der Waals surface area contributed by atoms with Gasteiger partial charge in [-0.2, -0.15) is 0 Å². The molecule has 0 fully saturated rings. The molecule has 1 N–H and O–H groups in total. The second-order valence-electron chi connectivity index (χ2n) is 10.3. The van der Waals surface area contributed by atoms with Crippen molar-refractivity contribution in [2.75, 3.05) is 7.11 Å². The first-order valence-corrected chi connectivity index (χ1v) is 12.6. The van der Waals surface area contributed by atoms with Crippen LogP contribution in [0.2, 0.25) is 0 Å². The summed E-state index contributed by atoms with van der Waals surface area (Å²) in [5.74, 6) is 2.45. The zero-order valence-corrected chi connectivity index (χ0v) is 21.4. The van der Waals surface area contributed by atoms with Crippen LogP contribution in [-0.4, -0.2) is 12.2 Å². The molecule has 0 bridgehead atoms. The van der Waals surface area contributed by atoms with Crippen LogP contribution in [0.3, 0.4) is 0 Å². The summed E-state index contributed by atoms with van der Waals surface area (Å²) in [6.07, 6.45) is 5.60. The Morgan fingerprint density at radius 1 is 1.00 bits per heavy atom. The van der Waals surface area contributed by atoms with Crippen LogP contribution in [0, 0.1) is 27.7 Å². The molecule has 6 rings (SSSR count). The van der Waals surface area contributed by atoms with Crippen LogP contribution >= 0.6 is 0 Å². The minimum absolute atomic E-state index is 0.335. The lowest BCUT2D eigenvalue weighted by Crippen LogP contribution is -2.09. The van der Waals surface area contributed by atoms with Crippen LogP contribution in [0.5, 0.6) is 11.5 Å². The van der Waals surface area contributed by atoms with Gasteiger partial charge in [-0.3, -0.25) is 0 Å². The highest BCUT2D eigenvalue weighted by atomic mass is 16.5. The number of phenolic OH excluding ortho intramolecular Hbond substituents is 1. The number of furan rings is 2. The van der Waals surface area contributed by atoms with Crippen molar-refractivity contribution in [3.8, 4) is 11.5 Å². The molecule has 0 radical (unpaired) electrons. The summed E-state index contributed by atoms with van der Waals surface area (Å²) in [5.41, 5.74) is 9.62. The average Bonchev–Trinajstić information content (AvgIpc) is 3.38. The Labute approximate surface area is 205 Å². The van der Waals surface area contributed by atoms with Crippen molar-refractivity contribution in [2.24, 2.45) is 0 Å². The lowest BCUT2D eigenvalue weighted by Gasteiger charge is -2.25. The van der Waals surface area contributed by atoms with Crippen molar-refractivity contribution in [1.29, 1.82) is 0 Å². The average molecular weight is 469 g/mol. The summed E-state index contributed by atoms with van der Waals surface area (Å²) >= 11 is 0. The van der Waals surface area contributed by atoms with Gasteiger partial charge < -0.3 is 18.7 Å². The van der Waals surface area contributed by atoms with Crippen molar-refractivity contribution in [1.82, 2.24) is 0 Å². The van der Waals surface area contributed by atoms with Crippen molar-refractivity contribution in [2.45, 2.75) is 66.2 Å². The van der Waals surface area contributed by atoms with Gasteiger partial charge in [0.25, 0.3) is 0 Å². The second-order valence-corrected chi connectivity index (χ2v) is 10.3. The highest BCUT2D eigenvalue weighted by molar-refractivity contribution is 6.09. The molecule has 3 aromatic carbocycles. The predicted octanol–water partition coefficient (Wildman–Crippen LogP) is 8.31. The van der Waals surface area contributed by atoms with Gasteiger partial charge >= 0.3 is 0 Å². The lowest BCUT2D eigenvalue weighted by molar-refractivity contribution is 0.415. The summed E-state index contributed by atoms with van der Waals surface area (Å²) in [4.78, 5) is 0. The van der Waals surface area contributed by atoms with Crippen LogP contribution < -0.4 is 4.74 Å². The van der Waals surface area contributed by atoms with E-state index in [2.05, 4.69) is 52.8 Å². The molecule has 5 aromatic rings. The molecule has 180 valence electrons. The highest BCUT2D eigenvalue weighted by Gasteiger charge is 2.29. The molecule has 1 aliphatic carbocycles. The molecule has 1 unspecified atom stereocenters. The van der Waals surface area contributed by atoms with Crippen molar-refractivity contribution < 1.29 is 18.7 Å². The van der Waals surface area contributed by atoms with Crippen LogP contribution in [-0.2, 0) is 12.8 Å². The van der Waals surface area contributed by atoms with Gasteiger partial charge in [0.05, 0.1) is 13.4 Å². The first-order valence-electron chi connectivity index (χ1n) is 12.6. The fourth-order valence-electron chi connectivity index (χ4n) is 6.65. The number of methoxy groups -OCH3 is 1. The quantitative estimate of drug-likeness (QED) is 0.289. The Hall–Kier alpha value is -3.40. The summed E-state index contributed by atoms with van der Waals surface area (Å²) in [6, 6.07) is 6.30. The van der Waals surface area contributed by atoms with Crippen LogP contribution in [0.1, 0.15) is 70.4 Å². The summed E-state index contributed by atoms with van der Waals surface area (Å²) in [7, 11) is 1.70. The van der Waals surface area contributed by atoms with Gasteiger partial charge in [0.15, 0.2) is 22.7 Å². The third-order valence-electron chi connectivity index (χ3n) is 8.25. The largest absolute Gasteiger partial charge is 0.504 e. The fourth-order valence-corrected chi connectivity index (χ4v) is 6.65. The minimum Gasteiger partial charge on any atom is -0.504 e. The fraction of sp³-hybridized carbons (Fsp3) is 0.355. The van der Waals surface area contributed by atoms with Gasteiger partial charge in [-0.05, 0) is 91.6 Å². The summed E-state index contributed by atoms with van der Waals surface area (Å²) in [6.45, 7) is 10.8. The van der Waals surface area contributed by atoms with E-state index < -0.39 is 0 Å². The van der Waals surface area contributed by atoms with Crippen molar-refractivity contribution in [3.05, 3.63) is 69.2 Å². The number of benzene rings is 3. The van der Waals surface area contributed by atoms with E-state index in [4.69, 9.17) is 13.6 Å². The molecule has 0 amide bonds. The zero-order chi connectivity index (χ0) is 24.6. The Morgan fingerprint density at radius 3 is 2.57 bits per heavy atom. The van der Waals surface area contributed by atoms with E-state index in [1.54, 1.807) is 7.11 Å². The smallest absolute Gasteiger partial charge is 0.176 e. The molecule has 2 heterocycles. The third-order valence-corrected chi connectivity index (χ3v) is 8.25. The van der Waals surface area contributed by atoms with Crippen LogP contribution in [0.15, 0.2) is 33.3 Å². The van der Waals surface area contributed by atoms with E-state index in [0.29, 0.717) is 23.7 Å². The molecule has 1 atom stereocenters. The van der Waals surface area contributed by atoms with E-state index in [-0.39, 0.29) is 0 Å². The maximum absolute atomic E-state index is 11.3. The Balaban J connectivity index is 1.65. The third kappa shape index (κ3) is 2.98. The lowest BCUT2D eigenvalue weighted by atomic mass is 9.79. The molecular formula is C31H32O4. The molecular weight excluding hydrogens is 436 g/mol. The standard InChI is InChI=1S/C31H32O4/c1-15-9-7-11-20-24(15)19(5)27-18(4)23(35-30(27)28(20)32)13-22-25-16(2)10-8-12-21(25)29(33-6)31-26(22)17(3)14-34-31/h8,10,12,14-15,32H,7,9,11,13H2,1-6H3. The van der Waals surface area contributed by atoms with Gasteiger partial charge in [-0.15, -0.1) is 0 Å². The normalized spacial score (nSPS) is 15.9. The molecule has 0 spiro atoms. The van der Waals surface area contributed by atoms with E-state index in [9.17, 15) is 5.11 Å². The highest BCUT2D eigenvalue weighted by Crippen LogP contribution is 2.47. The molecule has 0 aliphatic heterocycles. The van der Waals surface area contributed by atoms with E-state index in [1.807, 2.05) is 6.26 Å². The molecule has 2 aromatic heterocycles. The van der Waals surface area contributed by atoms with Gasteiger partial charge in [0.1, 0.15) is 5.76 Å².